The number of hydrogen-bond donors (Lipinski definition) is 0. The zero-order chi connectivity index (χ0) is 13.4. The van der Waals surface area contributed by atoms with Crippen molar-refractivity contribution >= 4 is 16.6 Å². The third kappa shape index (κ3) is 1.80. The van der Waals surface area contributed by atoms with E-state index in [0.717, 1.165) is 31.2 Å². The normalized spacial score (nSPS) is 17.4. The summed E-state index contributed by atoms with van der Waals surface area (Å²) in [6, 6.07) is 10.5. The number of benzene rings is 2. The summed E-state index contributed by atoms with van der Waals surface area (Å²) in [5.41, 5.74) is 3.66. The molecule has 0 saturated carbocycles. The van der Waals surface area contributed by atoms with Gasteiger partial charge in [0, 0.05) is 11.5 Å². The van der Waals surface area contributed by atoms with Crippen molar-refractivity contribution < 1.29 is 4.79 Å². The lowest BCUT2D eigenvalue weighted by atomic mass is 9.89. The second kappa shape index (κ2) is 4.80. The Hall–Kier alpha value is -1.63. The highest BCUT2D eigenvalue weighted by Crippen LogP contribution is 2.42. The third-order valence-corrected chi connectivity index (χ3v) is 4.20. The summed E-state index contributed by atoms with van der Waals surface area (Å²) in [5, 5.41) is 2.45. The summed E-state index contributed by atoms with van der Waals surface area (Å²) in [6.07, 6.45) is 4.25. The number of rotatable bonds is 4. The van der Waals surface area contributed by atoms with Crippen molar-refractivity contribution in [2.45, 2.75) is 45.4 Å². The van der Waals surface area contributed by atoms with Crippen molar-refractivity contribution in [3.63, 3.8) is 0 Å². The van der Waals surface area contributed by atoms with Crippen LogP contribution >= 0.6 is 0 Å². The molecule has 2 aromatic carbocycles. The number of aryl methyl sites for hydroxylation is 1. The summed E-state index contributed by atoms with van der Waals surface area (Å²) in [7, 11) is 0. The van der Waals surface area contributed by atoms with Gasteiger partial charge in [-0.25, -0.2) is 0 Å². The molecule has 0 heterocycles. The van der Waals surface area contributed by atoms with Crippen molar-refractivity contribution in [2.24, 2.45) is 0 Å². The SMILES string of the molecule is CCCc1ccc2cccc3c2c1C(CCC)C3=O. The smallest absolute Gasteiger partial charge is 0.170 e. The van der Waals surface area contributed by atoms with E-state index in [1.807, 2.05) is 12.1 Å². The van der Waals surface area contributed by atoms with Gasteiger partial charge in [-0.05, 0) is 34.7 Å². The summed E-state index contributed by atoms with van der Waals surface area (Å²) < 4.78 is 0. The molecule has 2 aromatic rings. The lowest BCUT2D eigenvalue weighted by Crippen LogP contribution is -2.07. The maximum Gasteiger partial charge on any atom is 0.170 e. The minimum atomic E-state index is 0.104. The first-order valence-corrected chi connectivity index (χ1v) is 7.36. The van der Waals surface area contributed by atoms with Gasteiger partial charge >= 0.3 is 0 Å². The summed E-state index contributed by atoms with van der Waals surface area (Å²) in [6.45, 7) is 4.37. The summed E-state index contributed by atoms with van der Waals surface area (Å²) in [5.74, 6) is 0.443. The maximum atomic E-state index is 12.6. The first kappa shape index (κ1) is 12.4. The Labute approximate surface area is 114 Å². The van der Waals surface area contributed by atoms with Gasteiger partial charge < -0.3 is 0 Å². The minimum absolute atomic E-state index is 0.104. The predicted octanol–water partition coefficient (Wildman–Crippen LogP) is 4.87. The van der Waals surface area contributed by atoms with Crippen LogP contribution in [0.3, 0.4) is 0 Å². The largest absolute Gasteiger partial charge is 0.293 e. The van der Waals surface area contributed by atoms with Crippen LogP contribution < -0.4 is 0 Å². The second-order valence-electron chi connectivity index (χ2n) is 5.50. The molecule has 0 N–H and O–H groups in total. The van der Waals surface area contributed by atoms with E-state index >= 15 is 0 Å². The Morgan fingerprint density at radius 3 is 2.63 bits per heavy atom. The number of carbonyl (C=O) groups excluding carboxylic acids is 1. The van der Waals surface area contributed by atoms with Crippen LogP contribution in [-0.2, 0) is 6.42 Å². The standard InChI is InChI=1S/C18H20O/c1-3-6-12-10-11-13-8-5-9-15-17(13)16(12)14(7-4-2)18(15)19/h5,8-11,14H,3-4,6-7H2,1-2H3. The summed E-state index contributed by atoms with van der Waals surface area (Å²) >= 11 is 0. The average molecular weight is 252 g/mol. The van der Waals surface area contributed by atoms with Crippen LogP contribution in [0.2, 0.25) is 0 Å². The minimum Gasteiger partial charge on any atom is -0.293 e. The van der Waals surface area contributed by atoms with E-state index in [-0.39, 0.29) is 5.92 Å². The molecule has 0 radical (unpaired) electrons. The lowest BCUT2D eigenvalue weighted by Gasteiger charge is -2.14. The van der Waals surface area contributed by atoms with Crippen molar-refractivity contribution in [2.75, 3.05) is 0 Å². The van der Waals surface area contributed by atoms with E-state index in [2.05, 4.69) is 32.0 Å². The molecule has 0 fully saturated rings. The molecule has 1 aliphatic carbocycles. The number of hydrogen-bond acceptors (Lipinski definition) is 1. The summed E-state index contributed by atoms with van der Waals surface area (Å²) in [4.78, 5) is 12.6. The Kier molecular flexibility index (Phi) is 3.14. The quantitative estimate of drug-likeness (QED) is 0.758. The van der Waals surface area contributed by atoms with Crippen molar-refractivity contribution in [1.29, 1.82) is 0 Å². The van der Waals surface area contributed by atoms with Gasteiger partial charge in [-0.15, -0.1) is 0 Å². The molecule has 1 unspecified atom stereocenters. The van der Waals surface area contributed by atoms with Crippen LogP contribution in [-0.4, -0.2) is 5.78 Å². The van der Waals surface area contributed by atoms with E-state index in [1.165, 1.54) is 21.9 Å². The first-order valence-electron chi connectivity index (χ1n) is 7.36. The van der Waals surface area contributed by atoms with Crippen LogP contribution in [0.25, 0.3) is 10.8 Å². The van der Waals surface area contributed by atoms with Crippen LogP contribution in [0.1, 0.15) is 60.5 Å². The monoisotopic (exact) mass is 252 g/mol. The van der Waals surface area contributed by atoms with Gasteiger partial charge in [-0.3, -0.25) is 4.79 Å². The molecule has 0 saturated heterocycles. The van der Waals surface area contributed by atoms with Gasteiger partial charge in [-0.2, -0.15) is 0 Å². The van der Waals surface area contributed by atoms with E-state index in [9.17, 15) is 4.79 Å². The van der Waals surface area contributed by atoms with Gasteiger partial charge in [0.1, 0.15) is 0 Å². The number of carbonyl (C=O) groups is 1. The second-order valence-corrected chi connectivity index (χ2v) is 5.50. The molecule has 98 valence electrons. The van der Waals surface area contributed by atoms with E-state index in [0.29, 0.717) is 5.78 Å². The Balaban J connectivity index is 2.29. The molecule has 1 aliphatic rings. The molecule has 0 aromatic heterocycles. The molecule has 3 rings (SSSR count). The number of Topliss-reactive ketones (excluding diaryl/α,β-unsaturated/α-hetero) is 1. The van der Waals surface area contributed by atoms with Crippen molar-refractivity contribution in [1.82, 2.24) is 0 Å². The van der Waals surface area contributed by atoms with Gasteiger partial charge in [0.2, 0.25) is 0 Å². The predicted molar refractivity (Wildman–Crippen MR) is 79.9 cm³/mol. The molecule has 1 atom stereocenters. The highest BCUT2D eigenvalue weighted by atomic mass is 16.1. The molecular weight excluding hydrogens is 232 g/mol. The Morgan fingerprint density at radius 1 is 1.05 bits per heavy atom. The number of ketones is 1. The van der Waals surface area contributed by atoms with Gasteiger partial charge in [0.05, 0.1) is 0 Å². The highest BCUT2D eigenvalue weighted by molar-refractivity contribution is 6.18. The van der Waals surface area contributed by atoms with E-state index < -0.39 is 0 Å². The molecule has 1 nitrogen and oxygen atoms in total. The zero-order valence-electron chi connectivity index (χ0n) is 11.7. The maximum absolute atomic E-state index is 12.6. The van der Waals surface area contributed by atoms with Gasteiger partial charge in [0.15, 0.2) is 5.78 Å². The van der Waals surface area contributed by atoms with Crippen LogP contribution in [0.15, 0.2) is 30.3 Å². The van der Waals surface area contributed by atoms with E-state index in [4.69, 9.17) is 0 Å². The Morgan fingerprint density at radius 2 is 1.89 bits per heavy atom. The lowest BCUT2D eigenvalue weighted by molar-refractivity contribution is 0.0963. The fourth-order valence-corrected chi connectivity index (χ4v) is 3.42. The van der Waals surface area contributed by atoms with Crippen LogP contribution in [0.4, 0.5) is 0 Å². The van der Waals surface area contributed by atoms with E-state index in [1.54, 1.807) is 0 Å². The molecule has 0 spiro atoms. The average Bonchev–Trinajstić information content (AvgIpc) is 2.70. The molecule has 19 heavy (non-hydrogen) atoms. The molecule has 1 heteroatoms. The zero-order valence-corrected chi connectivity index (χ0v) is 11.7. The van der Waals surface area contributed by atoms with Gasteiger partial charge in [-0.1, -0.05) is 57.0 Å². The Bertz CT molecular complexity index is 639. The molecule has 0 aliphatic heterocycles. The fraction of sp³-hybridized carbons (Fsp3) is 0.389. The first-order chi connectivity index (χ1) is 9.27. The van der Waals surface area contributed by atoms with Gasteiger partial charge in [0.25, 0.3) is 0 Å². The van der Waals surface area contributed by atoms with Crippen molar-refractivity contribution in [3.05, 3.63) is 47.0 Å². The molecular formula is C18H20O. The fourth-order valence-electron chi connectivity index (χ4n) is 3.42. The van der Waals surface area contributed by atoms with Crippen LogP contribution in [0.5, 0.6) is 0 Å². The third-order valence-electron chi connectivity index (χ3n) is 4.20. The van der Waals surface area contributed by atoms with Crippen molar-refractivity contribution in [3.8, 4) is 0 Å². The molecule has 0 amide bonds. The highest BCUT2D eigenvalue weighted by Gasteiger charge is 2.33. The molecule has 0 bridgehead atoms. The topological polar surface area (TPSA) is 17.1 Å². The van der Waals surface area contributed by atoms with Crippen LogP contribution in [0, 0.1) is 0 Å².